The molecule has 3 nitrogen and oxygen atoms in total. The average Bonchev–Trinajstić information content (AvgIpc) is 2.36. The molecular formula is C16H25F2NO2S. The lowest BCUT2D eigenvalue weighted by molar-refractivity contribution is -0.168. The van der Waals surface area contributed by atoms with Crippen LogP contribution in [-0.2, 0) is 17.3 Å². The maximum Gasteiger partial charge on any atom is 0.300 e. The Balaban J connectivity index is 3.02. The number of hydrogen-bond donors (Lipinski definition) is 2. The average molecular weight is 333 g/mol. The molecule has 0 spiro atoms. The minimum Gasteiger partial charge on any atom is -0.598 e. The Hall–Kier alpha value is -0.690. The minimum atomic E-state index is -3.37. The van der Waals surface area contributed by atoms with E-state index in [1.165, 1.54) is 18.2 Å². The van der Waals surface area contributed by atoms with E-state index in [4.69, 9.17) is 0 Å². The molecule has 0 aliphatic rings. The second kappa shape index (κ2) is 6.43. The van der Waals surface area contributed by atoms with Gasteiger partial charge in [-0.05, 0) is 53.2 Å². The summed E-state index contributed by atoms with van der Waals surface area (Å²) in [7, 11) is 0. The summed E-state index contributed by atoms with van der Waals surface area (Å²) in [5.41, 5.74) is -1.82. The van der Waals surface area contributed by atoms with Crippen molar-refractivity contribution < 1.29 is 18.4 Å². The molecule has 1 aromatic carbocycles. The molecule has 1 unspecified atom stereocenters. The normalized spacial score (nSPS) is 16.5. The number of nitrogens with one attached hydrogen (secondary N) is 1. The van der Waals surface area contributed by atoms with Gasteiger partial charge in [0.05, 0.1) is 6.04 Å². The predicted molar refractivity (Wildman–Crippen MR) is 86.1 cm³/mol. The molecule has 0 aliphatic carbocycles. The number of aliphatic hydroxyl groups is 1. The molecule has 0 aliphatic heterocycles. The molecule has 0 saturated heterocycles. The van der Waals surface area contributed by atoms with Gasteiger partial charge < -0.3 is 9.66 Å². The summed E-state index contributed by atoms with van der Waals surface area (Å²) >= 11 is -1.30. The fourth-order valence-corrected chi connectivity index (χ4v) is 2.57. The fourth-order valence-electron chi connectivity index (χ4n) is 1.76. The van der Waals surface area contributed by atoms with Gasteiger partial charge in [-0.1, -0.05) is 18.2 Å². The van der Waals surface area contributed by atoms with Crippen molar-refractivity contribution >= 4 is 11.4 Å². The van der Waals surface area contributed by atoms with Gasteiger partial charge >= 0.3 is 5.92 Å². The van der Waals surface area contributed by atoms with Crippen LogP contribution in [0.3, 0.4) is 0 Å². The monoisotopic (exact) mass is 333 g/mol. The third-order valence-electron chi connectivity index (χ3n) is 3.36. The van der Waals surface area contributed by atoms with Gasteiger partial charge in [0.25, 0.3) is 0 Å². The summed E-state index contributed by atoms with van der Waals surface area (Å²) < 4.78 is 43.0. The van der Waals surface area contributed by atoms with Crippen molar-refractivity contribution in [2.45, 2.75) is 63.9 Å². The summed E-state index contributed by atoms with van der Waals surface area (Å²) in [6.45, 7) is 9.43. The SMILES string of the molecule is C[C@@H](N[S+]([O-])C(C)(C)C)c1cccc(C(F)(F)C(C)(C)O)c1. The van der Waals surface area contributed by atoms with E-state index in [1.54, 1.807) is 13.0 Å². The van der Waals surface area contributed by atoms with Crippen molar-refractivity contribution in [3.8, 4) is 0 Å². The summed E-state index contributed by atoms with van der Waals surface area (Å²) in [6, 6.07) is 5.49. The highest BCUT2D eigenvalue weighted by Crippen LogP contribution is 2.39. The van der Waals surface area contributed by atoms with Gasteiger partial charge in [0.15, 0.2) is 0 Å². The molecule has 126 valence electrons. The number of alkyl halides is 2. The smallest absolute Gasteiger partial charge is 0.300 e. The van der Waals surface area contributed by atoms with Gasteiger partial charge in [-0.2, -0.15) is 8.78 Å². The quantitative estimate of drug-likeness (QED) is 0.809. The molecule has 22 heavy (non-hydrogen) atoms. The first-order valence-corrected chi connectivity index (χ1v) is 8.30. The maximum absolute atomic E-state index is 14.2. The lowest BCUT2D eigenvalue weighted by atomic mass is 9.91. The highest BCUT2D eigenvalue weighted by atomic mass is 32.2. The molecule has 0 bridgehead atoms. The van der Waals surface area contributed by atoms with Crippen LogP contribution in [0.25, 0.3) is 0 Å². The third kappa shape index (κ3) is 4.41. The summed E-state index contributed by atoms with van der Waals surface area (Å²) in [5, 5.41) is 9.67. The first-order valence-electron chi connectivity index (χ1n) is 7.15. The van der Waals surface area contributed by atoms with Crippen LogP contribution in [0.4, 0.5) is 8.78 Å². The van der Waals surface area contributed by atoms with Crippen LogP contribution in [-0.4, -0.2) is 20.0 Å². The second-order valence-corrected chi connectivity index (χ2v) is 8.98. The molecule has 0 fully saturated rings. The Labute approximate surface area is 134 Å². The Morgan fingerprint density at radius 3 is 2.18 bits per heavy atom. The van der Waals surface area contributed by atoms with E-state index < -0.39 is 27.6 Å². The van der Waals surface area contributed by atoms with Crippen LogP contribution in [0, 0.1) is 0 Å². The molecule has 6 heteroatoms. The molecule has 0 radical (unpaired) electrons. The van der Waals surface area contributed by atoms with Crippen molar-refractivity contribution in [1.82, 2.24) is 4.72 Å². The first kappa shape index (κ1) is 19.4. The van der Waals surface area contributed by atoms with Gasteiger partial charge in [-0.15, -0.1) is 4.72 Å². The number of hydrogen-bond acceptors (Lipinski definition) is 3. The van der Waals surface area contributed by atoms with Crippen LogP contribution >= 0.6 is 0 Å². The van der Waals surface area contributed by atoms with Gasteiger partial charge in [0.1, 0.15) is 10.3 Å². The van der Waals surface area contributed by atoms with E-state index in [9.17, 15) is 18.4 Å². The molecule has 2 atom stereocenters. The molecule has 0 amide bonds. The largest absolute Gasteiger partial charge is 0.598 e. The minimum absolute atomic E-state index is 0.257. The van der Waals surface area contributed by atoms with Crippen molar-refractivity contribution in [2.75, 3.05) is 0 Å². The number of rotatable bonds is 5. The van der Waals surface area contributed by atoms with Crippen molar-refractivity contribution in [3.63, 3.8) is 0 Å². The zero-order chi connectivity index (χ0) is 17.3. The fraction of sp³-hybridized carbons (Fsp3) is 0.625. The zero-order valence-corrected chi connectivity index (χ0v) is 14.7. The van der Waals surface area contributed by atoms with Crippen molar-refractivity contribution in [1.29, 1.82) is 0 Å². The lowest BCUT2D eigenvalue weighted by Gasteiger charge is -2.30. The van der Waals surface area contributed by atoms with E-state index in [0.717, 1.165) is 13.8 Å². The lowest BCUT2D eigenvalue weighted by Crippen LogP contribution is -2.41. The van der Waals surface area contributed by atoms with E-state index in [2.05, 4.69) is 4.72 Å². The summed E-state index contributed by atoms with van der Waals surface area (Å²) in [6.07, 6.45) is 0. The van der Waals surface area contributed by atoms with Crippen molar-refractivity contribution in [2.24, 2.45) is 0 Å². The van der Waals surface area contributed by atoms with E-state index in [0.29, 0.717) is 5.56 Å². The Kier molecular flexibility index (Phi) is 5.66. The topological polar surface area (TPSA) is 55.3 Å². The van der Waals surface area contributed by atoms with Crippen LogP contribution in [0.15, 0.2) is 24.3 Å². The van der Waals surface area contributed by atoms with Gasteiger partial charge in [0, 0.05) is 16.9 Å². The van der Waals surface area contributed by atoms with Crippen molar-refractivity contribution in [3.05, 3.63) is 35.4 Å². The van der Waals surface area contributed by atoms with Gasteiger partial charge in [-0.25, -0.2) is 0 Å². The first-order chi connectivity index (χ1) is 9.76. The summed E-state index contributed by atoms with van der Waals surface area (Å²) in [4.78, 5) is 0. The third-order valence-corrected chi connectivity index (χ3v) is 5.04. The van der Waals surface area contributed by atoms with Gasteiger partial charge in [0.2, 0.25) is 0 Å². The van der Waals surface area contributed by atoms with Gasteiger partial charge in [-0.3, -0.25) is 0 Å². The van der Waals surface area contributed by atoms with E-state index in [1.807, 2.05) is 20.8 Å². The van der Waals surface area contributed by atoms with Crippen LogP contribution in [0.1, 0.15) is 58.7 Å². The second-order valence-electron chi connectivity index (χ2n) is 6.98. The predicted octanol–water partition coefficient (Wildman–Crippen LogP) is 3.66. The Morgan fingerprint density at radius 2 is 1.73 bits per heavy atom. The molecule has 0 saturated carbocycles. The maximum atomic E-state index is 14.2. The van der Waals surface area contributed by atoms with Crippen LogP contribution < -0.4 is 4.72 Å². The Bertz CT molecular complexity index is 510. The molecule has 0 heterocycles. The van der Waals surface area contributed by atoms with Crippen LogP contribution in [0.5, 0.6) is 0 Å². The van der Waals surface area contributed by atoms with E-state index >= 15 is 0 Å². The molecule has 2 N–H and O–H groups in total. The standard InChI is InChI=1S/C16H25F2NO2S/c1-11(19-22(21)14(2,3)4)12-8-7-9-13(10-12)16(17,18)15(5,6)20/h7-11,19-20H,1-6H3/t11-,22?/m1/s1. The molecule has 1 rings (SSSR count). The number of benzene rings is 1. The highest BCUT2D eigenvalue weighted by molar-refractivity contribution is 7.90. The zero-order valence-electron chi connectivity index (χ0n) is 13.9. The molecule has 1 aromatic rings. The number of halogens is 2. The van der Waals surface area contributed by atoms with Crippen LogP contribution in [0.2, 0.25) is 0 Å². The highest BCUT2D eigenvalue weighted by Gasteiger charge is 2.47. The van der Waals surface area contributed by atoms with E-state index in [-0.39, 0.29) is 11.6 Å². The Morgan fingerprint density at radius 1 is 1.18 bits per heavy atom. The molecule has 0 aromatic heterocycles. The molecular weight excluding hydrogens is 308 g/mol. The summed E-state index contributed by atoms with van der Waals surface area (Å²) in [5.74, 6) is -3.37.